The maximum atomic E-state index is 13.9. The first kappa shape index (κ1) is 18.1. The average Bonchev–Trinajstić information content (AvgIpc) is 2.88. The molecule has 0 radical (unpaired) electrons. The molecular weight excluding hydrogens is 359 g/mol. The van der Waals surface area contributed by atoms with Crippen LogP contribution in [0.25, 0.3) is 0 Å². The van der Waals surface area contributed by atoms with Crippen molar-refractivity contribution in [2.24, 2.45) is 16.7 Å². The molecule has 2 nitrogen and oxygen atoms in total. The van der Waals surface area contributed by atoms with Gasteiger partial charge in [-0.15, -0.1) is 0 Å². The lowest BCUT2D eigenvalue weighted by Gasteiger charge is -2.17. The molecule has 1 aliphatic rings. The quantitative estimate of drug-likeness (QED) is 0.608. The third-order valence-corrected chi connectivity index (χ3v) is 4.96. The number of halogens is 6. The van der Waals surface area contributed by atoms with Crippen molar-refractivity contribution in [2.75, 3.05) is 0 Å². The summed E-state index contributed by atoms with van der Waals surface area (Å²) >= 11 is 11.1. The Morgan fingerprint density at radius 1 is 1.22 bits per heavy atom. The number of aliphatic carboxylic acids is 1. The minimum Gasteiger partial charge on any atom is -0.481 e. The second-order valence-corrected chi connectivity index (χ2v) is 7.06. The first-order valence-electron chi connectivity index (χ1n) is 6.55. The van der Waals surface area contributed by atoms with Crippen LogP contribution in [0, 0.1) is 40.0 Å². The van der Waals surface area contributed by atoms with E-state index in [0.717, 1.165) is 0 Å². The largest absolute Gasteiger partial charge is 0.481 e. The van der Waals surface area contributed by atoms with E-state index in [1.165, 1.54) is 6.08 Å². The second-order valence-electron chi connectivity index (χ2n) is 6.06. The molecule has 1 aliphatic carbocycles. The van der Waals surface area contributed by atoms with Crippen molar-refractivity contribution in [3.05, 3.63) is 45.5 Å². The van der Waals surface area contributed by atoms with Crippen molar-refractivity contribution in [3.63, 3.8) is 0 Å². The molecule has 1 saturated carbocycles. The van der Waals surface area contributed by atoms with Crippen LogP contribution in [0.5, 0.6) is 0 Å². The zero-order valence-corrected chi connectivity index (χ0v) is 13.6. The van der Waals surface area contributed by atoms with Gasteiger partial charge in [0.1, 0.15) is 4.49 Å². The number of carbonyl (C=O) groups is 1. The summed E-state index contributed by atoms with van der Waals surface area (Å²) in [6, 6.07) is 0.0761. The van der Waals surface area contributed by atoms with E-state index in [4.69, 9.17) is 23.2 Å². The summed E-state index contributed by atoms with van der Waals surface area (Å²) in [7, 11) is 0. The summed E-state index contributed by atoms with van der Waals surface area (Å²) in [5.41, 5.74) is -3.58. The van der Waals surface area contributed by atoms with Gasteiger partial charge in [0.05, 0.1) is 5.41 Å². The lowest BCUT2D eigenvalue weighted by Crippen LogP contribution is -2.26. The third kappa shape index (κ3) is 2.62. The number of benzene rings is 1. The fourth-order valence-corrected chi connectivity index (χ4v) is 3.50. The molecule has 2 unspecified atom stereocenters. The monoisotopic (exact) mass is 370 g/mol. The van der Waals surface area contributed by atoms with Crippen molar-refractivity contribution in [3.8, 4) is 0 Å². The van der Waals surface area contributed by atoms with Gasteiger partial charge in [-0.2, -0.15) is 0 Å². The van der Waals surface area contributed by atoms with E-state index >= 15 is 0 Å². The summed E-state index contributed by atoms with van der Waals surface area (Å²) in [5, 5.41) is 9.56. The summed E-state index contributed by atoms with van der Waals surface area (Å²) in [4.78, 5) is 11.7. The summed E-state index contributed by atoms with van der Waals surface area (Å²) < 4.78 is 54.2. The Kier molecular flexibility index (Phi) is 4.45. The SMILES string of the molecule is CC1(C)C(C=C(Cl)Cl)C1(Cc1c(F)c(F)cc(F)c1F)C(=O)O. The smallest absolute Gasteiger partial charge is 0.311 e. The normalized spacial score (nSPS) is 25.1. The number of allylic oxidation sites excluding steroid dienone is 1. The van der Waals surface area contributed by atoms with Gasteiger partial charge in [0.15, 0.2) is 23.3 Å². The van der Waals surface area contributed by atoms with E-state index in [1.54, 1.807) is 13.8 Å². The molecule has 23 heavy (non-hydrogen) atoms. The van der Waals surface area contributed by atoms with Crippen molar-refractivity contribution >= 4 is 29.2 Å². The Labute approximate surface area is 139 Å². The Morgan fingerprint density at radius 3 is 2.09 bits per heavy atom. The van der Waals surface area contributed by atoms with Crippen molar-refractivity contribution in [1.82, 2.24) is 0 Å². The van der Waals surface area contributed by atoms with Crippen LogP contribution < -0.4 is 0 Å². The molecular formula is C15H12Cl2F4O2. The van der Waals surface area contributed by atoms with Crippen molar-refractivity contribution in [2.45, 2.75) is 20.3 Å². The highest BCUT2D eigenvalue weighted by Gasteiger charge is 2.74. The molecule has 0 aliphatic heterocycles. The van der Waals surface area contributed by atoms with Crippen LogP contribution in [0.15, 0.2) is 16.6 Å². The Morgan fingerprint density at radius 2 is 1.70 bits per heavy atom. The lowest BCUT2D eigenvalue weighted by atomic mass is 9.88. The van der Waals surface area contributed by atoms with Gasteiger partial charge in [-0.3, -0.25) is 4.79 Å². The van der Waals surface area contributed by atoms with E-state index in [-0.39, 0.29) is 10.6 Å². The molecule has 1 aromatic rings. The van der Waals surface area contributed by atoms with E-state index < -0.39 is 58.0 Å². The average molecular weight is 371 g/mol. The molecule has 0 spiro atoms. The molecule has 1 aromatic carbocycles. The minimum absolute atomic E-state index is 0.0761. The van der Waals surface area contributed by atoms with Crippen molar-refractivity contribution < 1.29 is 27.5 Å². The van der Waals surface area contributed by atoms with Gasteiger partial charge in [0, 0.05) is 17.5 Å². The maximum Gasteiger partial charge on any atom is 0.311 e. The Hall–Kier alpha value is -1.27. The van der Waals surface area contributed by atoms with Gasteiger partial charge in [0.25, 0.3) is 0 Å². The van der Waals surface area contributed by atoms with Crippen LogP contribution in [0.4, 0.5) is 17.6 Å². The fraction of sp³-hybridized carbons (Fsp3) is 0.400. The van der Waals surface area contributed by atoms with Crippen LogP contribution in [0.2, 0.25) is 0 Å². The van der Waals surface area contributed by atoms with Gasteiger partial charge in [-0.25, -0.2) is 17.6 Å². The highest BCUT2D eigenvalue weighted by molar-refractivity contribution is 6.55. The third-order valence-electron chi connectivity index (χ3n) is 4.71. The van der Waals surface area contributed by atoms with Crippen LogP contribution in [0.3, 0.4) is 0 Å². The standard InChI is InChI=1S/C15H12Cl2F4O2/c1-14(2)9(4-10(16)17)15(14,13(22)23)5-6-11(20)7(18)3-8(19)12(6)21/h3-4,9H,5H2,1-2H3,(H,22,23). The topological polar surface area (TPSA) is 37.3 Å². The molecule has 8 heteroatoms. The van der Waals surface area contributed by atoms with Gasteiger partial charge < -0.3 is 5.11 Å². The van der Waals surface area contributed by atoms with Crippen LogP contribution in [-0.4, -0.2) is 11.1 Å². The predicted molar refractivity (Wildman–Crippen MR) is 77.1 cm³/mol. The van der Waals surface area contributed by atoms with E-state index in [2.05, 4.69) is 0 Å². The second kappa shape index (κ2) is 5.67. The molecule has 2 rings (SSSR count). The number of hydrogen-bond donors (Lipinski definition) is 1. The van der Waals surface area contributed by atoms with E-state index in [0.29, 0.717) is 0 Å². The minimum atomic E-state index is -1.68. The molecule has 2 atom stereocenters. The number of hydrogen-bond acceptors (Lipinski definition) is 1. The number of carboxylic acids is 1. The number of rotatable bonds is 4. The Balaban J connectivity index is 2.57. The van der Waals surface area contributed by atoms with Gasteiger partial charge >= 0.3 is 5.97 Å². The first-order valence-corrected chi connectivity index (χ1v) is 7.30. The molecule has 1 fully saturated rings. The first-order chi connectivity index (χ1) is 10.5. The summed E-state index contributed by atoms with van der Waals surface area (Å²) in [5.74, 6) is -8.48. The molecule has 0 heterocycles. The van der Waals surface area contributed by atoms with Gasteiger partial charge in [-0.05, 0) is 17.9 Å². The highest BCUT2D eigenvalue weighted by Crippen LogP contribution is 2.71. The maximum absolute atomic E-state index is 13.9. The highest BCUT2D eigenvalue weighted by atomic mass is 35.5. The van der Waals surface area contributed by atoms with Crippen LogP contribution >= 0.6 is 23.2 Å². The Bertz CT molecular complexity index is 688. The van der Waals surface area contributed by atoms with Crippen LogP contribution in [-0.2, 0) is 11.2 Å². The summed E-state index contributed by atoms with van der Waals surface area (Å²) in [6.45, 7) is 3.09. The zero-order chi connectivity index (χ0) is 17.7. The fourth-order valence-electron chi connectivity index (χ4n) is 3.25. The van der Waals surface area contributed by atoms with E-state index in [9.17, 15) is 27.5 Å². The molecule has 0 amide bonds. The van der Waals surface area contributed by atoms with Gasteiger partial charge in [0.2, 0.25) is 0 Å². The van der Waals surface area contributed by atoms with E-state index in [1.807, 2.05) is 0 Å². The van der Waals surface area contributed by atoms with Crippen LogP contribution in [0.1, 0.15) is 19.4 Å². The lowest BCUT2D eigenvalue weighted by molar-refractivity contribution is -0.145. The number of carboxylic acid groups (broad SMARTS) is 1. The molecule has 0 aromatic heterocycles. The molecule has 126 valence electrons. The molecule has 1 N–H and O–H groups in total. The zero-order valence-electron chi connectivity index (χ0n) is 12.1. The summed E-state index contributed by atoms with van der Waals surface area (Å²) in [6.07, 6.45) is 0.520. The molecule has 0 bridgehead atoms. The predicted octanol–water partition coefficient (Wildman–Crippen LogP) is 4.83. The van der Waals surface area contributed by atoms with Crippen molar-refractivity contribution in [1.29, 1.82) is 0 Å². The molecule has 0 saturated heterocycles. The van der Waals surface area contributed by atoms with Gasteiger partial charge in [-0.1, -0.05) is 37.0 Å².